The van der Waals surface area contributed by atoms with Crippen LogP contribution in [0.2, 0.25) is 5.02 Å². The van der Waals surface area contributed by atoms with Gasteiger partial charge in [0.2, 0.25) is 11.8 Å². The number of fused-ring (bicyclic) bond motifs is 4. The molecule has 3 aromatic rings. The Hall–Kier alpha value is -3.92. The van der Waals surface area contributed by atoms with E-state index in [0.717, 1.165) is 27.5 Å². The van der Waals surface area contributed by atoms with Gasteiger partial charge in [0.25, 0.3) is 11.8 Å². The van der Waals surface area contributed by atoms with Crippen molar-refractivity contribution >= 4 is 69.8 Å². The molecule has 6 atom stereocenters. The summed E-state index contributed by atoms with van der Waals surface area (Å²) in [7, 11) is 0. The van der Waals surface area contributed by atoms with E-state index in [2.05, 4.69) is 0 Å². The minimum Gasteiger partial charge on any atom is -0.504 e. The van der Waals surface area contributed by atoms with Crippen LogP contribution in [0, 0.1) is 30.5 Å². The number of halogens is 4. The Morgan fingerprint density at radius 3 is 2.30 bits per heavy atom. The molecular weight excluding hydrogens is 670 g/mol. The third-order valence-electron chi connectivity index (χ3n) is 9.93. The second-order valence-electron chi connectivity index (χ2n) is 12.4. The van der Waals surface area contributed by atoms with Crippen LogP contribution in [0.3, 0.4) is 0 Å². The summed E-state index contributed by atoms with van der Waals surface area (Å²) >= 11 is 21.2. The first kappa shape index (κ1) is 31.7. The topological polar surface area (TPSA) is 104 Å². The number of aromatic hydroxyl groups is 1. The number of benzene rings is 3. The van der Waals surface area contributed by atoms with Crippen LogP contribution >= 0.6 is 34.8 Å². The van der Waals surface area contributed by atoms with E-state index in [0.29, 0.717) is 21.8 Å². The summed E-state index contributed by atoms with van der Waals surface area (Å²) in [4.78, 5) is 54.8. The average molecular weight is 698 g/mol. The highest BCUT2D eigenvalue weighted by molar-refractivity contribution is 6.58. The number of allylic oxidation sites excluding steroid dienone is 2. The summed E-state index contributed by atoms with van der Waals surface area (Å²) in [5, 5.41) is 10.9. The highest BCUT2D eigenvalue weighted by atomic mass is 35.5. The van der Waals surface area contributed by atoms with E-state index in [1.165, 1.54) is 18.2 Å². The van der Waals surface area contributed by atoms with Gasteiger partial charge >= 0.3 is 0 Å². The monoisotopic (exact) mass is 696 g/mol. The quantitative estimate of drug-likeness (QED) is 0.182. The second kappa shape index (κ2) is 11.1. The van der Waals surface area contributed by atoms with E-state index in [1.54, 1.807) is 37.3 Å². The molecule has 0 spiro atoms. The van der Waals surface area contributed by atoms with E-state index in [-0.39, 0.29) is 36.6 Å². The SMILES string of the molecule is CCOc1cc(C2C3=CCC4C(=O)N(c5ccc(C)c(Cl)c5)C(=O)C4C3CC3(Cl)C(=O)N(c4ccc(F)cc4)C(=O)C23Cl)ccc1O. The molecule has 3 aromatic carbocycles. The summed E-state index contributed by atoms with van der Waals surface area (Å²) in [5.74, 6) is -6.58. The second-order valence-corrected chi connectivity index (χ2v) is 14.0. The van der Waals surface area contributed by atoms with E-state index >= 15 is 0 Å². The maximum absolute atomic E-state index is 14.5. The van der Waals surface area contributed by atoms with Gasteiger partial charge < -0.3 is 9.84 Å². The van der Waals surface area contributed by atoms with Gasteiger partial charge in [-0.3, -0.25) is 19.2 Å². The number of anilines is 2. The van der Waals surface area contributed by atoms with Crippen molar-refractivity contribution < 1.29 is 33.4 Å². The average Bonchev–Trinajstić information content (AvgIpc) is 3.38. The molecular formula is C35H28Cl3FN2O6. The molecule has 47 heavy (non-hydrogen) atoms. The standard InChI is InChI=1S/C35H28Cl3FN2O6/c1-3-47-27-14-18(5-13-26(27)42)29-22-11-12-23-28(31(44)40(30(23)43)21-8-4-17(2)25(36)15-21)24(22)16-34(37)32(45)41(33(46)35(29,34)38)20-9-6-19(39)7-10-20/h4-11,13-15,23-24,28-29,42H,3,12,16H2,1-2H3. The zero-order valence-corrected chi connectivity index (χ0v) is 27.4. The molecule has 1 saturated carbocycles. The van der Waals surface area contributed by atoms with Gasteiger partial charge in [0, 0.05) is 10.9 Å². The fraction of sp³-hybridized carbons (Fsp3) is 0.314. The van der Waals surface area contributed by atoms with Gasteiger partial charge in [-0.25, -0.2) is 14.2 Å². The van der Waals surface area contributed by atoms with Crippen molar-refractivity contribution in [2.45, 2.75) is 42.4 Å². The highest BCUT2D eigenvalue weighted by Crippen LogP contribution is 2.66. The molecule has 2 aliphatic carbocycles. The lowest BCUT2D eigenvalue weighted by Crippen LogP contribution is -2.60. The van der Waals surface area contributed by atoms with E-state index in [4.69, 9.17) is 39.5 Å². The lowest BCUT2D eigenvalue weighted by Gasteiger charge is -2.50. The lowest BCUT2D eigenvalue weighted by atomic mass is 9.56. The number of aryl methyl sites for hydroxylation is 1. The number of carbonyl (C=O) groups is 4. The minimum absolute atomic E-state index is 0.0830. The molecule has 2 aliphatic heterocycles. The number of phenolic OH excluding ortho intramolecular Hbond substituents is 1. The van der Waals surface area contributed by atoms with Crippen molar-refractivity contribution in [1.29, 1.82) is 0 Å². The Morgan fingerprint density at radius 2 is 1.62 bits per heavy atom. The van der Waals surface area contributed by atoms with Crippen LogP contribution in [-0.2, 0) is 19.2 Å². The first-order valence-electron chi connectivity index (χ1n) is 15.2. The zero-order chi connectivity index (χ0) is 33.6. The Morgan fingerprint density at radius 1 is 0.915 bits per heavy atom. The van der Waals surface area contributed by atoms with Crippen molar-refractivity contribution in [1.82, 2.24) is 0 Å². The lowest BCUT2D eigenvalue weighted by molar-refractivity contribution is -0.125. The number of hydrogen-bond donors (Lipinski definition) is 1. The Kier molecular flexibility index (Phi) is 7.46. The van der Waals surface area contributed by atoms with Gasteiger partial charge in [-0.2, -0.15) is 0 Å². The molecule has 0 aromatic heterocycles. The fourth-order valence-corrected chi connectivity index (χ4v) is 8.84. The molecule has 0 bridgehead atoms. The first-order chi connectivity index (χ1) is 22.3. The van der Waals surface area contributed by atoms with Crippen LogP contribution in [0.1, 0.15) is 36.8 Å². The van der Waals surface area contributed by atoms with Crippen molar-refractivity contribution in [2.75, 3.05) is 16.4 Å². The van der Waals surface area contributed by atoms with Gasteiger partial charge in [-0.15, -0.1) is 23.2 Å². The third-order valence-corrected chi connectivity index (χ3v) is 11.7. The first-order valence-corrected chi connectivity index (χ1v) is 16.3. The highest BCUT2D eigenvalue weighted by Gasteiger charge is 2.76. The molecule has 2 saturated heterocycles. The van der Waals surface area contributed by atoms with Crippen LogP contribution in [0.4, 0.5) is 15.8 Å². The van der Waals surface area contributed by atoms with E-state index < -0.39 is 62.9 Å². The summed E-state index contributed by atoms with van der Waals surface area (Å²) in [5.41, 5.74) is 2.20. The molecule has 0 radical (unpaired) electrons. The molecule has 2 heterocycles. The number of carbonyl (C=O) groups excluding carboxylic acids is 4. The Bertz CT molecular complexity index is 1920. The molecule has 12 heteroatoms. The van der Waals surface area contributed by atoms with Gasteiger partial charge in [0.05, 0.1) is 29.8 Å². The predicted molar refractivity (Wildman–Crippen MR) is 175 cm³/mol. The summed E-state index contributed by atoms with van der Waals surface area (Å²) in [6.45, 7) is 3.79. The van der Waals surface area contributed by atoms with Crippen LogP contribution < -0.4 is 14.5 Å². The molecule has 4 amide bonds. The van der Waals surface area contributed by atoms with Crippen LogP contribution in [0.25, 0.3) is 0 Å². The number of amides is 4. The largest absolute Gasteiger partial charge is 0.504 e. The van der Waals surface area contributed by atoms with Gasteiger partial charge in [-0.05, 0) is 92.3 Å². The van der Waals surface area contributed by atoms with Crippen LogP contribution in [0.5, 0.6) is 11.5 Å². The Labute approximate surface area is 284 Å². The molecule has 4 aliphatic rings. The maximum atomic E-state index is 14.5. The number of phenols is 1. The normalized spacial score (nSPS) is 29.9. The van der Waals surface area contributed by atoms with Gasteiger partial charge in [0.1, 0.15) is 5.82 Å². The summed E-state index contributed by atoms with van der Waals surface area (Å²) in [6, 6.07) is 14.3. The van der Waals surface area contributed by atoms with Crippen molar-refractivity contribution in [2.24, 2.45) is 17.8 Å². The smallest absolute Gasteiger partial charge is 0.258 e. The summed E-state index contributed by atoms with van der Waals surface area (Å²) < 4.78 is 19.5. The molecule has 8 nitrogen and oxygen atoms in total. The number of nitrogens with zero attached hydrogens (tertiary/aromatic N) is 2. The van der Waals surface area contributed by atoms with Crippen molar-refractivity contribution in [3.63, 3.8) is 0 Å². The molecule has 3 fully saturated rings. The number of ether oxygens (including phenoxy) is 1. The number of rotatable bonds is 5. The molecule has 6 unspecified atom stereocenters. The molecule has 7 rings (SSSR count). The van der Waals surface area contributed by atoms with Gasteiger partial charge in [-0.1, -0.05) is 35.4 Å². The van der Waals surface area contributed by atoms with E-state index in [9.17, 15) is 28.7 Å². The fourth-order valence-electron chi connectivity index (χ4n) is 7.73. The zero-order valence-electron chi connectivity index (χ0n) is 25.2. The molecule has 242 valence electrons. The third kappa shape index (κ3) is 4.39. The number of imide groups is 2. The van der Waals surface area contributed by atoms with Crippen molar-refractivity contribution in [3.05, 3.63) is 94.3 Å². The van der Waals surface area contributed by atoms with E-state index in [1.807, 2.05) is 13.0 Å². The van der Waals surface area contributed by atoms with Crippen LogP contribution in [-0.4, -0.2) is 45.1 Å². The predicted octanol–water partition coefficient (Wildman–Crippen LogP) is 6.66. The Balaban J connectivity index is 1.40. The minimum atomic E-state index is -2.11. The van der Waals surface area contributed by atoms with Crippen molar-refractivity contribution in [3.8, 4) is 11.5 Å². The number of alkyl halides is 2. The number of hydrogen-bond acceptors (Lipinski definition) is 6. The van der Waals surface area contributed by atoms with Crippen LogP contribution in [0.15, 0.2) is 72.3 Å². The molecule has 1 N–H and O–H groups in total. The van der Waals surface area contributed by atoms with Gasteiger partial charge in [0.15, 0.2) is 21.2 Å². The maximum Gasteiger partial charge on any atom is 0.258 e. The summed E-state index contributed by atoms with van der Waals surface area (Å²) in [6.07, 6.45) is 1.78.